The zero-order chi connectivity index (χ0) is 10.8. The first-order valence-corrected chi connectivity index (χ1v) is 5.33. The number of benzene rings is 1. The first-order valence-electron chi connectivity index (χ1n) is 4.45. The topological polar surface area (TPSA) is 70.1 Å². The summed E-state index contributed by atoms with van der Waals surface area (Å²) in [6, 6.07) is 9.31. The van der Waals surface area contributed by atoms with Gasteiger partial charge in [-0.15, -0.1) is 0 Å². The number of carbonyl (C=O) groups excluding carboxylic acids is 1. The minimum Gasteiger partial charge on any atom is -0.268 e. The summed E-state index contributed by atoms with van der Waals surface area (Å²) in [5.41, 5.74) is 0.610. The number of hydrogen-bond donors (Lipinski definition) is 1. The normalized spacial score (nSPS) is 19.6. The van der Waals surface area contributed by atoms with Crippen molar-refractivity contribution in [3.05, 3.63) is 29.8 Å². The number of nitrogens with two attached hydrogens (primary N) is 1. The fraction of sp³-hybridized carbons (Fsp3) is 0.200. The van der Waals surface area contributed by atoms with Crippen LogP contribution >= 0.6 is 11.8 Å². The van der Waals surface area contributed by atoms with Crippen LogP contribution in [-0.2, 0) is 0 Å². The van der Waals surface area contributed by atoms with Gasteiger partial charge in [-0.1, -0.05) is 23.9 Å². The van der Waals surface area contributed by atoms with Crippen molar-refractivity contribution < 1.29 is 4.79 Å². The molecule has 2 rings (SSSR count). The zero-order valence-corrected chi connectivity index (χ0v) is 8.70. The Morgan fingerprint density at radius 1 is 1.53 bits per heavy atom. The molecular weight excluding hydrogens is 210 g/mol. The number of carbonyl (C=O) groups is 1. The smallest absolute Gasteiger partial charge is 0.268 e. The summed E-state index contributed by atoms with van der Waals surface area (Å²) in [5.74, 6) is 5.42. The maximum absolute atomic E-state index is 11.8. The number of hydrazine groups is 1. The number of amides is 1. The van der Waals surface area contributed by atoms with Gasteiger partial charge >= 0.3 is 0 Å². The molecule has 1 amide bonds. The van der Waals surface area contributed by atoms with Crippen LogP contribution < -0.4 is 5.84 Å². The molecule has 0 aromatic heterocycles. The van der Waals surface area contributed by atoms with Crippen LogP contribution in [0, 0.1) is 11.3 Å². The van der Waals surface area contributed by atoms with E-state index in [0.717, 1.165) is 9.90 Å². The third kappa shape index (κ3) is 1.69. The first-order chi connectivity index (χ1) is 7.24. The second-order valence-corrected chi connectivity index (χ2v) is 4.36. The Kier molecular flexibility index (Phi) is 2.62. The van der Waals surface area contributed by atoms with Gasteiger partial charge in [0.2, 0.25) is 0 Å². The Morgan fingerprint density at radius 2 is 2.27 bits per heavy atom. The number of nitrogens with zero attached hydrogens (tertiary/aromatic N) is 2. The minimum atomic E-state index is -0.280. The van der Waals surface area contributed by atoms with Crippen LogP contribution in [0.3, 0.4) is 0 Å². The van der Waals surface area contributed by atoms with E-state index in [1.54, 1.807) is 12.1 Å². The maximum Gasteiger partial charge on any atom is 0.270 e. The molecule has 1 atom stereocenters. The second kappa shape index (κ2) is 3.93. The summed E-state index contributed by atoms with van der Waals surface area (Å²) in [6.45, 7) is 0. The molecule has 4 nitrogen and oxygen atoms in total. The Balaban J connectivity index is 2.37. The number of rotatable bonds is 1. The van der Waals surface area contributed by atoms with E-state index >= 15 is 0 Å². The molecule has 0 saturated heterocycles. The number of thioether (sulfide) groups is 1. The fourth-order valence-corrected chi connectivity index (χ4v) is 2.54. The third-order valence-electron chi connectivity index (χ3n) is 2.19. The number of hydrogen-bond acceptors (Lipinski definition) is 4. The fourth-order valence-electron chi connectivity index (χ4n) is 1.44. The predicted octanol–water partition coefficient (Wildman–Crippen LogP) is 1.35. The van der Waals surface area contributed by atoms with Crippen molar-refractivity contribution in [3.8, 4) is 6.07 Å². The van der Waals surface area contributed by atoms with E-state index in [1.807, 2.05) is 18.2 Å². The lowest BCUT2D eigenvalue weighted by atomic mass is 10.2. The standard InChI is InChI=1S/C10H9N3OS/c11-6-5-9-13(12)10(14)7-3-1-2-4-8(7)15-9/h1-4,9H,5,12H2. The van der Waals surface area contributed by atoms with Crippen molar-refractivity contribution in [1.29, 1.82) is 5.26 Å². The number of nitriles is 1. The molecule has 76 valence electrons. The molecule has 15 heavy (non-hydrogen) atoms. The van der Waals surface area contributed by atoms with E-state index in [4.69, 9.17) is 11.1 Å². The van der Waals surface area contributed by atoms with E-state index < -0.39 is 0 Å². The Bertz CT molecular complexity index is 441. The molecule has 0 saturated carbocycles. The Labute approximate surface area is 91.6 Å². The molecule has 0 aliphatic carbocycles. The van der Waals surface area contributed by atoms with Crippen LogP contribution in [0.2, 0.25) is 0 Å². The van der Waals surface area contributed by atoms with Crippen molar-refractivity contribution >= 4 is 17.7 Å². The van der Waals surface area contributed by atoms with Crippen LogP contribution in [0.1, 0.15) is 16.8 Å². The predicted molar refractivity (Wildman–Crippen MR) is 56.7 cm³/mol. The van der Waals surface area contributed by atoms with E-state index in [9.17, 15) is 4.79 Å². The summed E-state index contributed by atoms with van der Waals surface area (Å²) in [7, 11) is 0. The second-order valence-electron chi connectivity index (χ2n) is 3.14. The summed E-state index contributed by atoms with van der Waals surface area (Å²) >= 11 is 1.45. The molecule has 1 heterocycles. The van der Waals surface area contributed by atoms with Gasteiger partial charge in [0.15, 0.2) is 0 Å². The molecule has 0 bridgehead atoms. The van der Waals surface area contributed by atoms with Gasteiger partial charge in [0.05, 0.1) is 18.1 Å². The average molecular weight is 219 g/mol. The van der Waals surface area contributed by atoms with E-state index in [2.05, 4.69) is 0 Å². The molecule has 1 aromatic carbocycles. The van der Waals surface area contributed by atoms with Crippen molar-refractivity contribution in [2.24, 2.45) is 5.84 Å². The van der Waals surface area contributed by atoms with Crippen molar-refractivity contribution in [2.75, 3.05) is 0 Å². The molecular formula is C10H9N3OS. The van der Waals surface area contributed by atoms with Gasteiger partial charge in [0, 0.05) is 4.90 Å². The largest absolute Gasteiger partial charge is 0.270 e. The lowest BCUT2D eigenvalue weighted by Crippen LogP contribution is -2.46. The Hall–Kier alpha value is -1.51. The average Bonchev–Trinajstić information content (AvgIpc) is 2.26. The molecule has 5 heteroatoms. The molecule has 1 aliphatic heterocycles. The summed E-state index contributed by atoms with van der Waals surface area (Å²) in [4.78, 5) is 12.7. The van der Waals surface area contributed by atoms with Crippen molar-refractivity contribution in [3.63, 3.8) is 0 Å². The van der Waals surface area contributed by atoms with Gasteiger partial charge in [0.25, 0.3) is 5.91 Å². The van der Waals surface area contributed by atoms with Crippen molar-refractivity contribution in [2.45, 2.75) is 16.7 Å². The third-order valence-corrected chi connectivity index (χ3v) is 3.47. The monoisotopic (exact) mass is 219 g/mol. The molecule has 1 unspecified atom stereocenters. The highest BCUT2D eigenvalue weighted by atomic mass is 32.2. The van der Waals surface area contributed by atoms with Crippen LogP contribution in [0.15, 0.2) is 29.2 Å². The van der Waals surface area contributed by atoms with E-state index in [-0.39, 0.29) is 17.7 Å². The van der Waals surface area contributed by atoms with Gasteiger partial charge in [-0.05, 0) is 12.1 Å². The van der Waals surface area contributed by atoms with Crippen LogP contribution in [0.4, 0.5) is 0 Å². The van der Waals surface area contributed by atoms with Gasteiger partial charge in [0.1, 0.15) is 5.37 Å². The zero-order valence-electron chi connectivity index (χ0n) is 7.88. The van der Waals surface area contributed by atoms with Crippen LogP contribution in [0.25, 0.3) is 0 Å². The van der Waals surface area contributed by atoms with Crippen molar-refractivity contribution in [1.82, 2.24) is 5.01 Å². The molecule has 1 aromatic rings. The van der Waals surface area contributed by atoms with Crippen LogP contribution in [-0.4, -0.2) is 16.3 Å². The number of fused-ring (bicyclic) bond motifs is 1. The SMILES string of the molecule is N#CCC1Sc2ccccc2C(=O)N1N. The van der Waals surface area contributed by atoms with Crippen LogP contribution in [0.5, 0.6) is 0 Å². The summed E-state index contributed by atoms with van der Waals surface area (Å²) in [5, 5.41) is 9.47. The lowest BCUT2D eigenvalue weighted by molar-refractivity contribution is 0.0729. The van der Waals surface area contributed by atoms with Gasteiger partial charge in [-0.3, -0.25) is 9.80 Å². The van der Waals surface area contributed by atoms with E-state index in [1.165, 1.54) is 11.8 Å². The summed E-state index contributed by atoms with van der Waals surface area (Å²) < 4.78 is 0. The van der Waals surface area contributed by atoms with Gasteiger partial charge < -0.3 is 0 Å². The van der Waals surface area contributed by atoms with Gasteiger partial charge in [-0.2, -0.15) is 5.26 Å². The lowest BCUT2D eigenvalue weighted by Gasteiger charge is -2.30. The quantitative estimate of drug-likeness (QED) is 0.571. The summed E-state index contributed by atoms with van der Waals surface area (Å²) in [6.07, 6.45) is 0.237. The molecule has 2 N–H and O–H groups in total. The van der Waals surface area contributed by atoms with E-state index in [0.29, 0.717) is 5.56 Å². The molecule has 0 radical (unpaired) electrons. The molecule has 0 spiro atoms. The molecule has 0 fully saturated rings. The van der Waals surface area contributed by atoms with Gasteiger partial charge in [-0.25, -0.2) is 5.84 Å². The highest BCUT2D eigenvalue weighted by Gasteiger charge is 2.30. The highest BCUT2D eigenvalue weighted by molar-refractivity contribution is 8.00. The highest BCUT2D eigenvalue weighted by Crippen LogP contribution is 2.34. The maximum atomic E-state index is 11.8. The Morgan fingerprint density at radius 3 is 3.00 bits per heavy atom. The molecule has 1 aliphatic rings. The minimum absolute atomic E-state index is 0.218. The first kappa shape index (κ1) is 10.0.